The molecule has 28 heavy (non-hydrogen) atoms. The predicted molar refractivity (Wildman–Crippen MR) is 110 cm³/mol. The van der Waals surface area contributed by atoms with E-state index in [9.17, 15) is 9.18 Å². The van der Waals surface area contributed by atoms with Crippen molar-refractivity contribution >= 4 is 33.9 Å². The van der Waals surface area contributed by atoms with E-state index in [2.05, 4.69) is 31.2 Å². The number of thiazole rings is 1. The fourth-order valence-electron chi connectivity index (χ4n) is 2.38. The minimum Gasteiger partial charge on any atom is -0.378 e. The number of anilines is 3. The molecule has 1 aromatic carbocycles. The van der Waals surface area contributed by atoms with Crippen LogP contribution < -0.4 is 21.3 Å². The van der Waals surface area contributed by atoms with E-state index >= 15 is 0 Å². The number of carbonyl (C=O) groups excluding carboxylic acids is 1. The number of carbonyl (C=O) groups is 1. The van der Waals surface area contributed by atoms with Crippen molar-refractivity contribution in [3.05, 3.63) is 65.0 Å². The lowest BCUT2D eigenvalue weighted by Gasteiger charge is -2.09. The summed E-state index contributed by atoms with van der Waals surface area (Å²) in [5, 5.41) is 12.6. The molecule has 3 aromatic rings. The van der Waals surface area contributed by atoms with Gasteiger partial charge in [0.1, 0.15) is 11.6 Å². The van der Waals surface area contributed by atoms with Crippen LogP contribution in [0.3, 0.4) is 0 Å². The molecule has 0 saturated carbocycles. The highest BCUT2D eigenvalue weighted by Gasteiger charge is 2.10. The fourth-order valence-corrected chi connectivity index (χ4v) is 3.14. The molecular weight excluding hydrogens is 379 g/mol. The molecule has 4 N–H and O–H groups in total. The molecule has 1 amide bonds. The summed E-state index contributed by atoms with van der Waals surface area (Å²) in [6.45, 7) is 1.56. The lowest BCUT2D eigenvalue weighted by atomic mass is 10.1. The standard InChI is InChI=1S/C19H21FN6OS/c1-21-8-9-23-18(27)13-5-6-15(20)16(10-13)24-11-14-12-25-19(28-14)26-17-4-2-3-7-22-17/h2-7,10,12,21,24H,8-9,11H2,1H3,(H,23,27)(H,22,25,26). The smallest absolute Gasteiger partial charge is 0.251 e. The zero-order valence-corrected chi connectivity index (χ0v) is 16.1. The van der Waals surface area contributed by atoms with Crippen molar-refractivity contribution in [1.29, 1.82) is 0 Å². The van der Waals surface area contributed by atoms with Gasteiger partial charge in [0.2, 0.25) is 0 Å². The Balaban J connectivity index is 1.59. The van der Waals surface area contributed by atoms with Crippen molar-refractivity contribution in [3.8, 4) is 0 Å². The maximum absolute atomic E-state index is 14.1. The van der Waals surface area contributed by atoms with Crippen LogP contribution in [0.15, 0.2) is 48.8 Å². The van der Waals surface area contributed by atoms with Gasteiger partial charge in [-0.05, 0) is 37.4 Å². The summed E-state index contributed by atoms with van der Waals surface area (Å²) in [6, 6.07) is 9.84. The third-order valence-electron chi connectivity index (χ3n) is 3.80. The normalized spacial score (nSPS) is 10.5. The van der Waals surface area contributed by atoms with Gasteiger partial charge in [-0.1, -0.05) is 17.4 Å². The first-order chi connectivity index (χ1) is 13.7. The Labute approximate surface area is 166 Å². The van der Waals surface area contributed by atoms with Crippen molar-refractivity contribution in [1.82, 2.24) is 20.6 Å². The van der Waals surface area contributed by atoms with Gasteiger partial charge in [0.25, 0.3) is 5.91 Å². The molecule has 2 heterocycles. The summed E-state index contributed by atoms with van der Waals surface area (Å²) in [6.07, 6.45) is 3.41. The van der Waals surface area contributed by atoms with Gasteiger partial charge in [-0.25, -0.2) is 14.4 Å². The first-order valence-electron chi connectivity index (χ1n) is 8.74. The second kappa shape index (κ2) is 9.77. The molecule has 146 valence electrons. The largest absolute Gasteiger partial charge is 0.378 e. The highest BCUT2D eigenvalue weighted by Crippen LogP contribution is 2.23. The van der Waals surface area contributed by atoms with Crippen LogP contribution in [0.2, 0.25) is 0 Å². The van der Waals surface area contributed by atoms with Crippen molar-refractivity contribution in [2.45, 2.75) is 6.54 Å². The number of aromatic nitrogens is 2. The number of hydrogen-bond donors (Lipinski definition) is 4. The van der Waals surface area contributed by atoms with Crippen molar-refractivity contribution in [2.24, 2.45) is 0 Å². The van der Waals surface area contributed by atoms with Gasteiger partial charge in [0.15, 0.2) is 5.13 Å². The van der Waals surface area contributed by atoms with E-state index in [0.717, 1.165) is 4.88 Å². The molecular formula is C19H21FN6OS. The van der Waals surface area contributed by atoms with Crippen LogP contribution in [0.25, 0.3) is 0 Å². The lowest BCUT2D eigenvalue weighted by molar-refractivity contribution is 0.0954. The molecule has 0 radical (unpaired) electrons. The maximum atomic E-state index is 14.1. The summed E-state index contributed by atoms with van der Waals surface area (Å²) in [5.41, 5.74) is 0.677. The predicted octanol–water partition coefficient (Wildman–Crippen LogP) is 2.98. The minimum atomic E-state index is -0.414. The molecule has 2 aromatic heterocycles. The molecule has 0 bridgehead atoms. The molecule has 0 aliphatic heterocycles. The number of pyridine rings is 1. The van der Waals surface area contributed by atoms with Gasteiger partial charge < -0.3 is 21.3 Å². The molecule has 0 aliphatic carbocycles. The van der Waals surface area contributed by atoms with Crippen molar-refractivity contribution < 1.29 is 9.18 Å². The van der Waals surface area contributed by atoms with Gasteiger partial charge in [-0.3, -0.25) is 4.79 Å². The van der Waals surface area contributed by atoms with Gasteiger partial charge >= 0.3 is 0 Å². The van der Waals surface area contributed by atoms with Crippen molar-refractivity contribution in [2.75, 3.05) is 30.8 Å². The minimum absolute atomic E-state index is 0.238. The summed E-state index contributed by atoms with van der Waals surface area (Å²) >= 11 is 1.44. The van der Waals surface area contributed by atoms with Crippen LogP contribution in [0.4, 0.5) is 21.0 Å². The number of amides is 1. The van der Waals surface area contributed by atoms with Crippen LogP contribution >= 0.6 is 11.3 Å². The molecule has 0 aliphatic rings. The Bertz CT molecular complexity index is 918. The summed E-state index contributed by atoms with van der Waals surface area (Å²) in [7, 11) is 1.81. The van der Waals surface area contributed by atoms with E-state index in [1.165, 1.54) is 29.5 Å². The van der Waals surface area contributed by atoms with E-state index in [4.69, 9.17) is 0 Å². The maximum Gasteiger partial charge on any atom is 0.251 e. The van der Waals surface area contributed by atoms with Gasteiger partial charge in [-0.15, -0.1) is 0 Å². The first-order valence-corrected chi connectivity index (χ1v) is 9.56. The molecule has 0 fully saturated rings. The fraction of sp³-hybridized carbons (Fsp3) is 0.211. The lowest BCUT2D eigenvalue weighted by Crippen LogP contribution is -2.30. The number of rotatable bonds is 9. The van der Waals surface area contributed by atoms with Gasteiger partial charge in [0, 0.05) is 35.9 Å². The Morgan fingerprint density at radius 2 is 2.07 bits per heavy atom. The quantitative estimate of drug-likeness (QED) is 0.413. The summed E-state index contributed by atoms with van der Waals surface area (Å²) in [5.74, 6) is 0.0560. The number of halogens is 1. The molecule has 0 saturated heterocycles. The number of nitrogens with zero attached hydrogens (tertiary/aromatic N) is 2. The first kappa shape index (κ1) is 19.7. The molecule has 0 spiro atoms. The SMILES string of the molecule is CNCCNC(=O)c1ccc(F)c(NCc2cnc(Nc3ccccn3)s2)c1. The second-order valence-electron chi connectivity index (χ2n) is 5.88. The van der Waals surface area contributed by atoms with E-state index < -0.39 is 5.82 Å². The molecule has 0 unspecified atom stereocenters. The van der Waals surface area contributed by atoms with E-state index in [1.54, 1.807) is 12.4 Å². The van der Waals surface area contributed by atoms with Gasteiger partial charge in [0.05, 0.1) is 12.2 Å². The molecule has 0 atom stereocenters. The molecule has 7 nitrogen and oxygen atoms in total. The second-order valence-corrected chi connectivity index (χ2v) is 6.99. The Hall–Kier alpha value is -3.04. The highest BCUT2D eigenvalue weighted by molar-refractivity contribution is 7.15. The van der Waals surface area contributed by atoms with E-state index in [0.29, 0.717) is 36.1 Å². The zero-order valence-electron chi connectivity index (χ0n) is 15.3. The van der Waals surface area contributed by atoms with Crippen LogP contribution in [0.1, 0.15) is 15.2 Å². The zero-order chi connectivity index (χ0) is 19.8. The van der Waals surface area contributed by atoms with Crippen LogP contribution in [0.5, 0.6) is 0 Å². The third kappa shape index (κ3) is 5.48. The average molecular weight is 400 g/mol. The number of nitrogens with one attached hydrogen (secondary N) is 4. The molecule has 3 rings (SSSR count). The highest BCUT2D eigenvalue weighted by atomic mass is 32.1. The Morgan fingerprint density at radius 1 is 1.18 bits per heavy atom. The average Bonchev–Trinajstić information content (AvgIpc) is 3.15. The number of benzene rings is 1. The Kier molecular flexibility index (Phi) is 6.88. The Morgan fingerprint density at radius 3 is 2.86 bits per heavy atom. The number of hydrogen-bond acceptors (Lipinski definition) is 7. The van der Waals surface area contributed by atoms with E-state index in [-0.39, 0.29) is 11.6 Å². The van der Waals surface area contributed by atoms with Crippen LogP contribution in [-0.4, -0.2) is 36.0 Å². The third-order valence-corrected chi connectivity index (χ3v) is 4.71. The summed E-state index contributed by atoms with van der Waals surface area (Å²) < 4.78 is 14.1. The number of likely N-dealkylation sites (N-methyl/N-ethyl adjacent to an activating group) is 1. The van der Waals surface area contributed by atoms with Crippen molar-refractivity contribution in [3.63, 3.8) is 0 Å². The van der Waals surface area contributed by atoms with Gasteiger partial charge in [-0.2, -0.15) is 0 Å². The monoisotopic (exact) mass is 400 g/mol. The van der Waals surface area contributed by atoms with E-state index in [1.807, 2.05) is 25.2 Å². The van der Waals surface area contributed by atoms with Crippen LogP contribution in [0, 0.1) is 5.82 Å². The molecule has 9 heteroatoms. The summed E-state index contributed by atoms with van der Waals surface area (Å²) in [4.78, 5) is 21.5. The topological polar surface area (TPSA) is 91.0 Å². The van der Waals surface area contributed by atoms with Crippen LogP contribution in [-0.2, 0) is 6.54 Å².